The molecule has 198 valence electrons. The molecule has 0 radical (unpaired) electrons. The molecule has 0 bridgehead atoms. The lowest BCUT2D eigenvalue weighted by atomic mass is 9.97. The number of nitrogens with one attached hydrogen (secondary N) is 1. The van der Waals surface area contributed by atoms with Crippen molar-refractivity contribution in [2.45, 2.75) is 63.2 Å². The molecule has 1 fully saturated rings. The number of non-ortho nitro benzene ring substituents is 1. The van der Waals surface area contributed by atoms with Crippen molar-refractivity contribution < 1.29 is 56.2 Å². The van der Waals surface area contributed by atoms with Gasteiger partial charge in [-0.05, 0) is 12.1 Å². The number of nitrogens with zero attached hydrogens (tertiary/aromatic N) is 1. The van der Waals surface area contributed by atoms with E-state index in [0.29, 0.717) is 0 Å². The number of nitro groups is 1. The summed E-state index contributed by atoms with van der Waals surface area (Å²) in [6.45, 7) is 3.61. The van der Waals surface area contributed by atoms with Crippen molar-refractivity contribution in [3.63, 3.8) is 0 Å². The lowest BCUT2D eigenvalue weighted by molar-refractivity contribution is -0.384. The van der Waals surface area contributed by atoms with E-state index in [1.165, 1.54) is 0 Å². The van der Waals surface area contributed by atoms with Crippen LogP contribution in [-0.2, 0) is 52.9 Å². The highest BCUT2D eigenvalue weighted by atomic mass is 32.2. The first kappa shape index (κ1) is 28.6. The third-order valence-corrected chi connectivity index (χ3v) is 6.11. The lowest BCUT2D eigenvalue weighted by Gasteiger charge is -2.44. The van der Waals surface area contributed by atoms with Crippen LogP contribution >= 0.6 is 0 Å². The summed E-state index contributed by atoms with van der Waals surface area (Å²) in [5, 5.41) is 10.9. The van der Waals surface area contributed by atoms with Crippen LogP contribution in [0.3, 0.4) is 0 Å². The van der Waals surface area contributed by atoms with Crippen molar-refractivity contribution >= 4 is 39.6 Å². The van der Waals surface area contributed by atoms with Gasteiger partial charge in [0.05, 0.1) is 9.82 Å². The van der Waals surface area contributed by atoms with Crippen LogP contribution in [0.1, 0.15) is 27.7 Å². The first-order valence-corrected chi connectivity index (χ1v) is 11.8. The third kappa shape index (κ3) is 7.69. The summed E-state index contributed by atoms with van der Waals surface area (Å²) >= 11 is 0. The highest BCUT2D eigenvalue weighted by Gasteiger charge is 2.53. The molecular formula is C20H24N2O13S. The average molecular weight is 532 g/mol. The highest BCUT2D eigenvalue weighted by Crippen LogP contribution is 2.29. The number of hydrogen-bond acceptors (Lipinski definition) is 13. The second-order valence-electron chi connectivity index (χ2n) is 7.50. The second-order valence-corrected chi connectivity index (χ2v) is 9.22. The first-order chi connectivity index (χ1) is 16.7. The van der Waals surface area contributed by atoms with Crippen LogP contribution in [0, 0.1) is 10.1 Å². The second kappa shape index (κ2) is 11.9. The summed E-state index contributed by atoms with van der Waals surface area (Å²) in [4.78, 5) is 56.5. The number of sulfonamides is 1. The van der Waals surface area contributed by atoms with Gasteiger partial charge >= 0.3 is 23.9 Å². The summed E-state index contributed by atoms with van der Waals surface area (Å²) in [6, 6.07) is 2.17. The van der Waals surface area contributed by atoms with Gasteiger partial charge in [0.15, 0.2) is 12.2 Å². The Morgan fingerprint density at radius 3 is 1.92 bits per heavy atom. The molecule has 1 aromatic carbocycles. The highest BCUT2D eigenvalue weighted by molar-refractivity contribution is 7.89. The Morgan fingerprint density at radius 2 is 1.44 bits per heavy atom. The van der Waals surface area contributed by atoms with Gasteiger partial charge in [-0.2, -0.15) is 4.72 Å². The lowest BCUT2D eigenvalue weighted by Crippen LogP contribution is -2.66. The van der Waals surface area contributed by atoms with Crippen LogP contribution in [0.5, 0.6) is 0 Å². The number of carbonyl (C=O) groups is 4. The van der Waals surface area contributed by atoms with Crippen molar-refractivity contribution in [3.8, 4) is 0 Å². The molecule has 16 heteroatoms. The molecule has 0 aliphatic carbocycles. The fourth-order valence-corrected chi connectivity index (χ4v) is 4.52. The molecule has 1 aromatic rings. The maximum atomic E-state index is 13.1. The zero-order valence-electron chi connectivity index (χ0n) is 19.6. The summed E-state index contributed by atoms with van der Waals surface area (Å²) in [7, 11) is -4.50. The minimum absolute atomic E-state index is 0.367. The van der Waals surface area contributed by atoms with E-state index < -0.39 is 81.0 Å². The van der Waals surface area contributed by atoms with Gasteiger partial charge < -0.3 is 23.7 Å². The number of carbonyl (C=O) groups excluding carboxylic acids is 4. The van der Waals surface area contributed by atoms with Crippen molar-refractivity contribution in [2.24, 2.45) is 0 Å². The Hall–Kier alpha value is -3.63. The quantitative estimate of drug-likeness (QED) is 0.192. The molecule has 0 amide bonds. The molecule has 1 N–H and O–H groups in total. The van der Waals surface area contributed by atoms with Gasteiger partial charge in [-0.3, -0.25) is 29.3 Å². The first-order valence-electron chi connectivity index (χ1n) is 10.3. The zero-order chi connectivity index (χ0) is 27.2. The van der Waals surface area contributed by atoms with E-state index in [9.17, 15) is 37.7 Å². The summed E-state index contributed by atoms with van der Waals surface area (Å²) in [5.41, 5.74) is -0.367. The molecule has 5 unspecified atom stereocenters. The van der Waals surface area contributed by atoms with Crippen LogP contribution < -0.4 is 4.72 Å². The predicted molar refractivity (Wildman–Crippen MR) is 115 cm³/mol. The maximum absolute atomic E-state index is 13.1. The van der Waals surface area contributed by atoms with Crippen molar-refractivity contribution in [3.05, 3.63) is 34.4 Å². The van der Waals surface area contributed by atoms with E-state index in [1.54, 1.807) is 0 Å². The van der Waals surface area contributed by atoms with Gasteiger partial charge in [0.25, 0.3) is 5.69 Å². The molecule has 2 rings (SSSR count). The van der Waals surface area contributed by atoms with Crippen molar-refractivity contribution in [1.29, 1.82) is 0 Å². The fourth-order valence-electron chi connectivity index (χ4n) is 3.29. The molecule has 1 aliphatic heterocycles. The van der Waals surface area contributed by atoms with Crippen molar-refractivity contribution in [1.82, 2.24) is 4.72 Å². The topological polar surface area (TPSA) is 204 Å². The molecule has 0 aromatic heterocycles. The van der Waals surface area contributed by atoms with E-state index >= 15 is 0 Å². The zero-order valence-corrected chi connectivity index (χ0v) is 20.4. The number of rotatable bonds is 9. The van der Waals surface area contributed by atoms with Gasteiger partial charge in [-0.15, -0.1) is 0 Å². The van der Waals surface area contributed by atoms with Crippen molar-refractivity contribution in [2.75, 3.05) is 6.61 Å². The molecule has 0 spiro atoms. The smallest absolute Gasteiger partial charge is 0.304 e. The van der Waals surface area contributed by atoms with E-state index in [4.69, 9.17) is 23.7 Å². The summed E-state index contributed by atoms with van der Waals surface area (Å²) in [5.74, 6) is -3.41. The average Bonchev–Trinajstić information content (AvgIpc) is 2.75. The number of benzene rings is 1. The maximum Gasteiger partial charge on any atom is 0.304 e. The molecule has 0 saturated carbocycles. The summed E-state index contributed by atoms with van der Waals surface area (Å²) in [6.07, 6.45) is -6.17. The number of hydrogen-bond donors (Lipinski definition) is 1. The van der Waals surface area contributed by atoms with Gasteiger partial charge in [-0.25, -0.2) is 8.42 Å². The number of ether oxygens (including phenoxy) is 5. The van der Waals surface area contributed by atoms with Crippen LogP contribution in [0.25, 0.3) is 0 Å². The Bertz CT molecular complexity index is 1120. The van der Waals surface area contributed by atoms with E-state index in [0.717, 1.165) is 52.0 Å². The van der Waals surface area contributed by atoms with E-state index in [1.807, 2.05) is 0 Å². The number of nitro benzene ring substituents is 1. The Morgan fingerprint density at radius 1 is 0.917 bits per heavy atom. The van der Waals surface area contributed by atoms with Crippen LogP contribution in [0.15, 0.2) is 29.2 Å². The molecule has 36 heavy (non-hydrogen) atoms. The SMILES string of the molecule is CC(=O)OCC1OC(OC(C)=O)C(NS(=O)(=O)c2ccc([N+](=O)[O-])cc2)C(OC(C)=O)C1OC(C)=O. The Balaban J connectivity index is 2.53. The molecule has 5 atom stereocenters. The van der Waals surface area contributed by atoms with E-state index in [2.05, 4.69) is 4.72 Å². The molecule has 1 saturated heterocycles. The van der Waals surface area contributed by atoms with Crippen LogP contribution in [0.4, 0.5) is 5.69 Å². The van der Waals surface area contributed by atoms with Gasteiger partial charge in [0.1, 0.15) is 18.8 Å². The molecule has 15 nitrogen and oxygen atoms in total. The van der Waals surface area contributed by atoms with Gasteiger partial charge in [0, 0.05) is 39.8 Å². The minimum Gasteiger partial charge on any atom is -0.463 e. The minimum atomic E-state index is -4.50. The Labute approximate surface area is 205 Å². The molecule has 1 aliphatic rings. The van der Waals surface area contributed by atoms with Gasteiger partial charge in [0.2, 0.25) is 16.3 Å². The Kier molecular flexibility index (Phi) is 9.43. The van der Waals surface area contributed by atoms with Crippen LogP contribution in [-0.4, -0.2) is 74.5 Å². The molecular weight excluding hydrogens is 508 g/mol. The standard InChI is InChI=1S/C20H24N2O13S/c1-10(23)31-9-16-18(32-11(2)24)19(33-12(3)25)17(20(35-16)34-13(4)26)21-36(29,30)15-7-5-14(6-8-15)22(27)28/h5-8,16-21H,9H2,1-4H3. The predicted octanol–water partition coefficient (Wildman–Crippen LogP) is -0.0438. The third-order valence-electron chi connectivity index (χ3n) is 4.63. The summed E-state index contributed by atoms with van der Waals surface area (Å²) < 4.78 is 54.4. The fraction of sp³-hybridized carbons (Fsp3) is 0.500. The molecule has 1 heterocycles. The van der Waals surface area contributed by atoms with Gasteiger partial charge in [-0.1, -0.05) is 0 Å². The number of esters is 4. The normalized spacial score (nSPS) is 23.7. The largest absolute Gasteiger partial charge is 0.463 e. The van der Waals surface area contributed by atoms with Crippen LogP contribution in [0.2, 0.25) is 0 Å². The monoisotopic (exact) mass is 532 g/mol. The van der Waals surface area contributed by atoms with E-state index in [-0.39, 0.29) is 5.69 Å².